The Morgan fingerprint density at radius 2 is 2.20 bits per heavy atom. The van der Waals surface area contributed by atoms with Gasteiger partial charge in [-0.15, -0.1) is 11.3 Å². The van der Waals surface area contributed by atoms with Gasteiger partial charge in [-0.2, -0.15) is 5.10 Å². The minimum absolute atomic E-state index is 0.484. The van der Waals surface area contributed by atoms with E-state index in [9.17, 15) is 4.79 Å². The van der Waals surface area contributed by atoms with Crippen molar-refractivity contribution in [3.63, 3.8) is 0 Å². The van der Waals surface area contributed by atoms with Crippen molar-refractivity contribution < 1.29 is 4.79 Å². The van der Waals surface area contributed by atoms with E-state index < -0.39 is 0 Å². The van der Waals surface area contributed by atoms with Crippen LogP contribution in [-0.4, -0.2) is 21.1 Å². The standard InChI is InChI=1S/C10H11N3OS/c1-6-9(7(2)13(3)12-6)10-11-8(4-14)5-15-10/h4-5H,1-3H3. The molecule has 4 nitrogen and oxygen atoms in total. The molecule has 0 amide bonds. The smallest absolute Gasteiger partial charge is 0.169 e. The van der Waals surface area contributed by atoms with Gasteiger partial charge in [0.2, 0.25) is 0 Å². The molecule has 5 heteroatoms. The fraction of sp³-hybridized carbons (Fsp3) is 0.300. The van der Waals surface area contributed by atoms with E-state index in [1.807, 2.05) is 25.6 Å². The lowest BCUT2D eigenvalue weighted by atomic mass is 10.2. The molecule has 0 radical (unpaired) electrons. The van der Waals surface area contributed by atoms with Gasteiger partial charge in [0.15, 0.2) is 6.29 Å². The third-order valence-corrected chi connectivity index (χ3v) is 3.24. The first kappa shape index (κ1) is 10.0. The highest BCUT2D eigenvalue weighted by atomic mass is 32.1. The number of hydrogen-bond donors (Lipinski definition) is 0. The number of rotatable bonds is 2. The first-order valence-corrected chi connectivity index (χ1v) is 5.42. The zero-order chi connectivity index (χ0) is 11.0. The highest BCUT2D eigenvalue weighted by Gasteiger charge is 2.14. The van der Waals surface area contributed by atoms with Crippen LogP contribution >= 0.6 is 11.3 Å². The van der Waals surface area contributed by atoms with Crippen LogP contribution in [0, 0.1) is 13.8 Å². The molecular weight excluding hydrogens is 210 g/mol. The molecule has 2 rings (SSSR count). The molecule has 0 spiro atoms. The molecule has 0 aromatic carbocycles. The number of carbonyl (C=O) groups excluding carboxylic acids is 1. The van der Waals surface area contributed by atoms with Crippen LogP contribution < -0.4 is 0 Å². The maximum Gasteiger partial charge on any atom is 0.169 e. The van der Waals surface area contributed by atoms with Gasteiger partial charge in [-0.25, -0.2) is 4.98 Å². The van der Waals surface area contributed by atoms with Gasteiger partial charge < -0.3 is 0 Å². The quantitative estimate of drug-likeness (QED) is 0.728. The summed E-state index contributed by atoms with van der Waals surface area (Å²) in [5, 5.41) is 6.94. The van der Waals surface area contributed by atoms with Crippen LogP contribution in [0.25, 0.3) is 10.6 Å². The Bertz CT molecular complexity index is 513. The van der Waals surface area contributed by atoms with Crippen molar-refractivity contribution in [1.29, 1.82) is 0 Å². The summed E-state index contributed by atoms with van der Waals surface area (Å²) in [5.41, 5.74) is 3.54. The van der Waals surface area contributed by atoms with Gasteiger partial charge in [0.25, 0.3) is 0 Å². The third kappa shape index (κ3) is 1.59. The number of aldehydes is 1. The maximum absolute atomic E-state index is 10.5. The van der Waals surface area contributed by atoms with E-state index in [0.717, 1.165) is 28.2 Å². The highest BCUT2D eigenvalue weighted by Crippen LogP contribution is 2.28. The SMILES string of the molecule is Cc1nn(C)c(C)c1-c1nc(C=O)cs1. The molecule has 0 saturated heterocycles. The summed E-state index contributed by atoms with van der Waals surface area (Å²) in [6, 6.07) is 0. The summed E-state index contributed by atoms with van der Waals surface area (Å²) in [5.74, 6) is 0. The second-order valence-corrected chi connectivity index (χ2v) is 4.22. The molecule has 2 aromatic heterocycles. The maximum atomic E-state index is 10.5. The zero-order valence-corrected chi connectivity index (χ0v) is 9.63. The van der Waals surface area contributed by atoms with Gasteiger partial charge in [-0.05, 0) is 13.8 Å². The molecule has 0 aliphatic carbocycles. The number of nitrogens with zero attached hydrogens (tertiary/aromatic N) is 3. The van der Waals surface area contributed by atoms with Crippen molar-refractivity contribution in [3.8, 4) is 10.6 Å². The first-order valence-electron chi connectivity index (χ1n) is 4.54. The van der Waals surface area contributed by atoms with Gasteiger partial charge in [-0.3, -0.25) is 9.48 Å². The monoisotopic (exact) mass is 221 g/mol. The summed E-state index contributed by atoms with van der Waals surface area (Å²) in [6.07, 6.45) is 0.765. The van der Waals surface area contributed by atoms with Gasteiger partial charge in [0.1, 0.15) is 10.7 Å². The molecule has 0 aliphatic rings. The Morgan fingerprint density at radius 3 is 2.67 bits per heavy atom. The molecule has 0 saturated carbocycles. The van der Waals surface area contributed by atoms with Crippen LogP contribution in [0.4, 0.5) is 0 Å². The van der Waals surface area contributed by atoms with Gasteiger partial charge in [0.05, 0.1) is 11.3 Å². The molecule has 0 bridgehead atoms. The van der Waals surface area contributed by atoms with E-state index in [-0.39, 0.29) is 0 Å². The largest absolute Gasteiger partial charge is 0.296 e. The van der Waals surface area contributed by atoms with E-state index in [0.29, 0.717) is 5.69 Å². The van der Waals surface area contributed by atoms with Crippen LogP contribution in [0.2, 0.25) is 0 Å². The number of aryl methyl sites for hydroxylation is 2. The van der Waals surface area contributed by atoms with Gasteiger partial charge in [-0.1, -0.05) is 0 Å². The van der Waals surface area contributed by atoms with E-state index >= 15 is 0 Å². The van der Waals surface area contributed by atoms with Crippen LogP contribution in [0.15, 0.2) is 5.38 Å². The fourth-order valence-electron chi connectivity index (χ4n) is 1.54. The highest BCUT2D eigenvalue weighted by molar-refractivity contribution is 7.13. The lowest BCUT2D eigenvalue weighted by molar-refractivity contribution is 0.111. The van der Waals surface area contributed by atoms with E-state index in [4.69, 9.17) is 0 Å². The molecule has 78 valence electrons. The molecule has 0 fully saturated rings. The molecule has 0 atom stereocenters. The zero-order valence-electron chi connectivity index (χ0n) is 8.81. The average Bonchev–Trinajstić information content (AvgIpc) is 2.74. The minimum Gasteiger partial charge on any atom is -0.296 e. The average molecular weight is 221 g/mol. The lowest BCUT2D eigenvalue weighted by Crippen LogP contribution is -1.92. The van der Waals surface area contributed by atoms with Gasteiger partial charge >= 0.3 is 0 Å². The Labute approximate surface area is 91.6 Å². The van der Waals surface area contributed by atoms with Gasteiger partial charge in [0, 0.05) is 18.1 Å². The van der Waals surface area contributed by atoms with E-state index in [1.165, 1.54) is 11.3 Å². The second kappa shape index (κ2) is 3.58. The Kier molecular flexibility index (Phi) is 2.40. The van der Waals surface area contributed by atoms with Crippen LogP contribution in [0.5, 0.6) is 0 Å². The number of hydrogen-bond acceptors (Lipinski definition) is 4. The predicted molar refractivity (Wildman–Crippen MR) is 59.2 cm³/mol. The number of aromatic nitrogens is 3. The van der Waals surface area contributed by atoms with E-state index in [1.54, 1.807) is 5.38 Å². The lowest BCUT2D eigenvalue weighted by Gasteiger charge is -1.96. The van der Waals surface area contributed by atoms with Crippen molar-refractivity contribution in [2.45, 2.75) is 13.8 Å². The molecule has 0 aliphatic heterocycles. The molecule has 0 unspecified atom stereocenters. The van der Waals surface area contributed by atoms with Crippen molar-refractivity contribution in [2.75, 3.05) is 0 Å². The number of thiazole rings is 1. The van der Waals surface area contributed by atoms with Crippen molar-refractivity contribution in [1.82, 2.24) is 14.8 Å². The summed E-state index contributed by atoms with van der Waals surface area (Å²) < 4.78 is 1.83. The van der Waals surface area contributed by atoms with Crippen LogP contribution in [0.3, 0.4) is 0 Å². The molecule has 15 heavy (non-hydrogen) atoms. The third-order valence-electron chi connectivity index (χ3n) is 2.37. The van der Waals surface area contributed by atoms with Crippen LogP contribution in [0.1, 0.15) is 21.9 Å². The molecule has 2 heterocycles. The molecule has 0 N–H and O–H groups in total. The fourth-order valence-corrected chi connectivity index (χ4v) is 2.45. The summed E-state index contributed by atoms with van der Waals surface area (Å²) in [6.45, 7) is 3.95. The predicted octanol–water partition coefficient (Wildman–Crippen LogP) is 1.97. The van der Waals surface area contributed by atoms with Crippen molar-refractivity contribution in [2.24, 2.45) is 7.05 Å². The minimum atomic E-state index is 0.484. The summed E-state index contributed by atoms with van der Waals surface area (Å²) >= 11 is 1.47. The Hall–Kier alpha value is -1.49. The molecule has 2 aromatic rings. The van der Waals surface area contributed by atoms with Crippen molar-refractivity contribution >= 4 is 17.6 Å². The Morgan fingerprint density at radius 1 is 1.47 bits per heavy atom. The van der Waals surface area contributed by atoms with E-state index in [2.05, 4.69) is 10.1 Å². The topological polar surface area (TPSA) is 47.8 Å². The molecular formula is C10H11N3OS. The van der Waals surface area contributed by atoms with Crippen molar-refractivity contribution in [3.05, 3.63) is 22.5 Å². The Balaban J connectivity index is 2.57. The summed E-state index contributed by atoms with van der Waals surface area (Å²) in [7, 11) is 1.90. The normalized spacial score (nSPS) is 10.6. The first-order chi connectivity index (χ1) is 7.13. The number of carbonyl (C=O) groups is 1. The van der Waals surface area contributed by atoms with Crippen LogP contribution in [-0.2, 0) is 7.05 Å². The summed E-state index contributed by atoms with van der Waals surface area (Å²) in [4.78, 5) is 14.8. The second-order valence-electron chi connectivity index (χ2n) is 3.36.